The summed E-state index contributed by atoms with van der Waals surface area (Å²) >= 11 is 0. The van der Waals surface area contributed by atoms with Gasteiger partial charge < -0.3 is 9.30 Å². The van der Waals surface area contributed by atoms with E-state index in [2.05, 4.69) is 86.0 Å². The van der Waals surface area contributed by atoms with E-state index in [1.807, 2.05) is 12.1 Å². The van der Waals surface area contributed by atoms with Crippen LogP contribution in [0.15, 0.2) is 72.8 Å². The molecule has 0 fully saturated rings. The van der Waals surface area contributed by atoms with Gasteiger partial charge in [0.2, 0.25) is 0 Å². The van der Waals surface area contributed by atoms with E-state index in [0.29, 0.717) is 12.5 Å². The highest BCUT2D eigenvalue weighted by molar-refractivity contribution is 5.80. The number of ether oxygens (including phenoxy) is 1. The predicted octanol–water partition coefficient (Wildman–Crippen LogP) is 6.21. The first-order valence-corrected chi connectivity index (χ1v) is 9.87. The number of rotatable bonds is 6. The Labute approximate surface area is 166 Å². The molecule has 1 heterocycles. The predicted molar refractivity (Wildman–Crippen MR) is 116 cm³/mol. The molecule has 0 atom stereocenters. The van der Waals surface area contributed by atoms with Crippen LogP contribution < -0.4 is 4.74 Å². The summed E-state index contributed by atoms with van der Waals surface area (Å²) in [6, 6.07) is 25.1. The molecule has 0 spiro atoms. The van der Waals surface area contributed by atoms with Gasteiger partial charge in [0, 0.05) is 5.56 Å². The Kier molecular flexibility index (Phi) is 5.16. The van der Waals surface area contributed by atoms with Crippen LogP contribution in [0.5, 0.6) is 5.75 Å². The molecule has 0 bridgehead atoms. The van der Waals surface area contributed by atoms with Gasteiger partial charge in [0.05, 0.1) is 17.6 Å². The summed E-state index contributed by atoms with van der Waals surface area (Å²) in [5.41, 5.74) is 5.78. The van der Waals surface area contributed by atoms with Crippen LogP contribution in [-0.2, 0) is 6.54 Å². The SMILES string of the molecule is Cc1ccc(-c2nc3ccccc3n2CCOc2ccccc2C(C)C)cc1. The maximum Gasteiger partial charge on any atom is 0.141 e. The van der Waals surface area contributed by atoms with Crippen molar-refractivity contribution < 1.29 is 4.74 Å². The molecule has 0 amide bonds. The number of aryl methyl sites for hydroxylation is 1. The van der Waals surface area contributed by atoms with Gasteiger partial charge in [-0.05, 0) is 36.6 Å². The lowest BCUT2D eigenvalue weighted by molar-refractivity contribution is 0.297. The third-order valence-corrected chi connectivity index (χ3v) is 5.08. The Hall–Kier alpha value is -3.07. The molecule has 4 rings (SSSR count). The molecule has 3 nitrogen and oxygen atoms in total. The average molecular weight is 370 g/mol. The first-order chi connectivity index (χ1) is 13.6. The fourth-order valence-corrected chi connectivity index (χ4v) is 3.56. The van der Waals surface area contributed by atoms with E-state index in [0.717, 1.165) is 34.7 Å². The van der Waals surface area contributed by atoms with E-state index in [9.17, 15) is 0 Å². The monoisotopic (exact) mass is 370 g/mol. The number of hydrogen-bond donors (Lipinski definition) is 0. The lowest BCUT2D eigenvalue weighted by Gasteiger charge is -2.15. The van der Waals surface area contributed by atoms with Gasteiger partial charge in [-0.2, -0.15) is 0 Å². The number of benzene rings is 3. The fraction of sp³-hybridized carbons (Fsp3) is 0.240. The fourth-order valence-electron chi connectivity index (χ4n) is 3.56. The molecule has 0 radical (unpaired) electrons. The lowest BCUT2D eigenvalue weighted by Crippen LogP contribution is -2.10. The number of aromatic nitrogens is 2. The van der Waals surface area contributed by atoms with E-state index >= 15 is 0 Å². The highest BCUT2D eigenvalue weighted by Gasteiger charge is 2.13. The topological polar surface area (TPSA) is 27.1 Å². The molecular weight excluding hydrogens is 344 g/mol. The van der Waals surface area contributed by atoms with Crippen molar-refractivity contribution in [2.75, 3.05) is 6.61 Å². The van der Waals surface area contributed by atoms with Crippen LogP contribution in [0.3, 0.4) is 0 Å². The molecule has 0 aliphatic heterocycles. The van der Waals surface area contributed by atoms with Crippen molar-refractivity contribution in [2.24, 2.45) is 0 Å². The minimum atomic E-state index is 0.438. The zero-order valence-electron chi connectivity index (χ0n) is 16.7. The molecule has 0 unspecified atom stereocenters. The third kappa shape index (κ3) is 3.65. The number of para-hydroxylation sites is 3. The van der Waals surface area contributed by atoms with Crippen molar-refractivity contribution in [3.63, 3.8) is 0 Å². The summed E-state index contributed by atoms with van der Waals surface area (Å²) in [5, 5.41) is 0. The smallest absolute Gasteiger partial charge is 0.141 e. The van der Waals surface area contributed by atoms with E-state index in [4.69, 9.17) is 9.72 Å². The summed E-state index contributed by atoms with van der Waals surface area (Å²) in [4.78, 5) is 4.89. The van der Waals surface area contributed by atoms with Crippen molar-refractivity contribution in [1.82, 2.24) is 9.55 Å². The van der Waals surface area contributed by atoms with Gasteiger partial charge in [0.25, 0.3) is 0 Å². The minimum Gasteiger partial charge on any atom is -0.491 e. The molecule has 28 heavy (non-hydrogen) atoms. The zero-order chi connectivity index (χ0) is 19.5. The van der Waals surface area contributed by atoms with Crippen LogP contribution in [0.4, 0.5) is 0 Å². The Morgan fingerprint density at radius 1 is 0.893 bits per heavy atom. The summed E-state index contributed by atoms with van der Waals surface area (Å²) in [6.07, 6.45) is 0. The Morgan fingerprint density at radius 3 is 2.39 bits per heavy atom. The first-order valence-electron chi connectivity index (χ1n) is 9.87. The molecule has 0 saturated heterocycles. The van der Waals surface area contributed by atoms with Crippen LogP contribution in [0.25, 0.3) is 22.4 Å². The van der Waals surface area contributed by atoms with Crippen LogP contribution in [0.1, 0.15) is 30.9 Å². The van der Waals surface area contributed by atoms with Crippen molar-refractivity contribution in [2.45, 2.75) is 33.2 Å². The van der Waals surface area contributed by atoms with Crippen molar-refractivity contribution >= 4 is 11.0 Å². The van der Waals surface area contributed by atoms with Crippen molar-refractivity contribution in [1.29, 1.82) is 0 Å². The molecule has 4 aromatic rings. The molecule has 1 aromatic heterocycles. The Balaban J connectivity index is 1.63. The van der Waals surface area contributed by atoms with Gasteiger partial charge in [0.1, 0.15) is 18.2 Å². The van der Waals surface area contributed by atoms with E-state index < -0.39 is 0 Å². The third-order valence-electron chi connectivity index (χ3n) is 5.08. The van der Waals surface area contributed by atoms with E-state index in [1.54, 1.807) is 0 Å². The molecule has 142 valence electrons. The van der Waals surface area contributed by atoms with Crippen LogP contribution in [0.2, 0.25) is 0 Å². The summed E-state index contributed by atoms with van der Waals surface area (Å²) < 4.78 is 8.44. The number of fused-ring (bicyclic) bond motifs is 1. The van der Waals surface area contributed by atoms with Gasteiger partial charge in [-0.3, -0.25) is 0 Å². The first kappa shape index (κ1) is 18.3. The summed E-state index contributed by atoms with van der Waals surface area (Å²) in [5.74, 6) is 2.40. The zero-order valence-corrected chi connectivity index (χ0v) is 16.7. The maximum atomic E-state index is 6.18. The van der Waals surface area contributed by atoms with Crippen molar-refractivity contribution in [3.05, 3.63) is 83.9 Å². The molecule has 0 saturated carbocycles. The number of hydrogen-bond acceptors (Lipinski definition) is 2. The summed E-state index contributed by atoms with van der Waals surface area (Å²) in [6.45, 7) is 7.84. The lowest BCUT2D eigenvalue weighted by atomic mass is 10.0. The van der Waals surface area contributed by atoms with Crippen LogP contribution >= 0.6 is 0 Å². The molecule has 0 N–H and O–H groups in total. The van der Waals surface area contributed by atoms with Gasteiger partial charge in [0.15, 0.2) is 0 Å². The van der Waals surface area contributed by atoms with Gasteiger partial charge in [-0.1, -0.05) is 74.0 Å². The minimum absolute atomic E-state index is 0.438. The number of nitrogens with zero attached hydrogens (tertiary/aromatic N) is 2. The molecular formula is C25H26N2O. The maximum absolute atomic E-state index is 6.18. The van der Waals surface area contributed by atoms with E-state index in [-0.39, 0.29) is 0 Å². The highest BCUT2D eigenvalue weighted by atomic mass is 16.5. The Bertz CT molecular complexity index is 1080. The molecule has 3 heteroatoms. The highest BCUT2D eigenvalue weighted by Crippen LogP contribution is 2.27. The molecule has 0 aliphatic carbocycles. The molecule has 3 aromatic carbocycles. The van der Waals surface area contributed by atoms with Gasteiger partial charge >= 0.3 is 0 Å². The van der Waals surface area contributed by atoms with E-state index in [1.165, 1.54) is 11.1 Å². The normalized spacial score (nSPS) is 11.3. The second kappa shape index (κ2) is 7.89. The van der Waals surface area contributed by atoms with Gasteiger partial charge in [-0.25, -0.2) is 4.98 Å². The summed E-state index contributed by atoms with van der Waals surface area (Å²) in [7, 11) is 0. The quantitative estimate of drug-likeness (QED) is 0.403. The van der Waals surface area contributed by atoms with Crippen LogP contribution in [-0.4, -0.2) is 16.2 Å². The number of imidazole rings is 1. The molecule has 0 aliphatic rings. The average Bonchev–Trinajstić information content (AvgIpc) is 3.07. The second-order valence-electron chi connectivity index (χ2n) is 7.48. The largest absolute Gasteiger partial charge is 0.491 e. The van der Waals surface area contributed by atoms with Crippen molar-refractivity contribution in [3.8, 4) is 17.1 Å². The van der Waals surface area contributed by atoms with Gasteiger partial charge in [-0.15, -0.1) is 0 Å². The standard InChI is InChI=1S/C25H26N2O/c1-18(2)21-8-4-7-11-24(21)28-17-16-27-23-10-6-5-9-22(23)26-25(27)20-14-12-19(3)13-15-20/h4-15,18H,16-17H2,1-3H3. The van der Waals surface area contributed by atoms with Crippen LogP contribution in [0, 0.1) is 6.92 Å². The second-order valence-corrected chi connectivity index (χ2v) is 7.48. The Morgan fingerprint density at radius 2 is 1.61 bits per heavy atom.